The highest BCUT2D eigenvalue weighted by Crippen LogP contribution is 2.21. The topological polar surface area (TPSA) is 121 Å². The van der Waals surface area contributed by atoms with Crippen molar-refractivity contribution in [2.24, 2.45) is 5.92 Å². The second kappa shape index (κ2) is 19.5. The Kier molecular flexibility index (Phi) is 15.8. The Labute approximate surface area is 278 Å². The first-order valence-corrected chi connectivity index (χ1v) is 16.3. The Morgan fingerprint density at radius 2 is 1.74 bits per heavy atom. The number of ether oxygens (including phenoxy) is 4. The number of hydrogen-bond acceptors (Lipinski definition) is 9. The SMILES string of the molecule is COc1ccc(OCCN(C)CC(=O)N2CCCCOC[C@@H](O)[C@@H](O)[C@H](OC)CN(C(=O)c3ccccc3F)C[C@H]2CC(C)C)cc1. The maximum atomic E-state index is 14.9. The van der Waals surface area contributed by atoms with Gasteiger partial charge in [-0.05, 0) is 68.6 Å². The summed E-state index contributed by atoms with van der Waals surface area (Å²) < 4.78 is 37.1. The number of aliphatic hydroxyl groups is 2. The summed E-state index contributed by atoms with van der Waals surface area (Å²) >= 11 is 0. The van der Waals surface area contributed by atoms with Crippen LogP contribution in [0.1, 0.15) is 43.5 Å². The van der Waals surface area contributed by atoms with E-state index in [4.69, 9.17) is 18.9 Å². The number of methoxy groups -OCH3 is 2. The van der Waals surface area contributed by atoms with Crippen molar-refractivity contribution in [1.29, 1.82) is 0 Å². The van der Waals surface area contributed by atoms with Crippen LogP contribution in [0.25, 0.3) is 0 Å². The highest BCUT2D eigenvalue weighted by molar-refractivity contribution is 5.94. The van der Waals surface area contributed by atoms with Gasteiger partial charge in [0.05, 0.1) is 25.8 Å². The molecule has 2 aromatic carbocycles. The van der Waals surface area contributed by atoms with Gasteiger partial charge < -0.3 is 39.0 Å². The molecular weight excluding hydrogens is 609 g/mol. The zero-order valence-electron chi connectivity index (χ0n) is 28.3. The zero-order chi connectivity index (χ0) is 34.3. The normalized spacial score (nSPS) is 21.8. The predicted octanol–water partition coefficient (Wildman–Crippen LogP) is 3.08. The molecule has 12 heteroatoms. The number of hydrogen-bond donors (Lipinski definition) is 2. The fourth-order valence-corrected chi connectivity index (χ4v) is 5.62. The van der Waals surface area contributed by atoms with E-state index in [-0.39, 0.29) is 43.6 Å². The first-order valence-electron chi connectivity index (χ1n) is 16.3. The monoisotopic (exact) mass is 661 g/mol. The number of nitrogens with zero attached hydrogens (tertiary/aromatic N) is 3. The molecule has 1 saturated heterocycles. The molecule has 2 aromatic rings. The van der Waals surface area contributed by atoms with Crippen molar-refractivity contribution in [3.05, 3.63) is 59.9 Å². The molecule has 3 rings (SSSR count). The molecule has 4 atom stereocenters. The second-order valence-electron chi connectivity index (χ2n) is 12.4. The molecule has 0 unspecified atom stereocenters. The van der Waals surface area contributed by atoms with Crippen LogP contribution in [0, 0.1) is 11.7 Å². The van der Waals surface area contributed by atoms with Crippen LogP contribution < -0.4 is 9.47 Å². The quantitative estimate of drug-likeness (QED) is 0.374. The summed E-state index contributed by atoms with van der Waals surface area (Å²) in [6, 6.07) is 12.6. The van der Waals surface area contributed by atoms with Crippen LogP contribution in [-0.4, -0.2) is 135 Å². The summed E-state index contributed by atoms with van der Waals surface area (Å²) in [6.45, 7) is 5.70. The Hall–Kier alpha value is -3.29. The van der Waals surface area contributed by atoms with Gasteiger partial charge >= 0.3 is 0 Å². The number of amides is 2. The Balaban J connectivity index is 1.85. The van der Waals surface area contributed by atoms with Crippen molar-refractivity contribution >= 4 is 11.8 Å². The van der Waals surface area contributed by atoms with Crippen molar-refractivity contribution in [2.75, 3.05) is 73.8 Å². The molecule has 0 radical (unpaired) electrons. The van der Waals surface area contributed by atoms with Gasteiger partial charge in [0.2, 0.25) is 5.91 Å². The molecule has 0 saturated carbocycles. The molecule has 11 nitrogen and oxygen atoms in total. The maximum absolute atomic E-state index is 14.9. The van der Waals surface area contributed by atoms with Gasteiger partial charge in [-0.1, -0.05) is 26.0 Å². The number of rotatable bonds is 11. The van der Waals surface area contributed by atoms with Gasteiger partial charge in [-0.25, -0.2) is 4.39 Å². The average Bonchev–Trinajstić information content (AvgIpc) is 3.05. The van der Waals surface area contributed by atoms with Crippen LogP contribution in [0.3, 0.4) is 0 Å². The van der Waals surface area contributed by atoms with Crippen LogP contribution in [0.15, 0.2) is 48.5 Å². The Morgan fingerprint density at radius 1 is 1.04 bits per heavy atom. The van der Waals surface area contributed by atoms with Gasteiger partial charge in [-0.2, -0.15) is 0 Å². The number of benzene rings is 2. The molecular formula is C35H52FN3O8. The van der Waals surface area contributed by atoms with Crippen molar-refractivity contribution in [3.8, 4) is 11.5 Å². The minimum absolute atomic E-state index is 0.0839. The first kappa shape index (κ1) is 38.2. The van der Waals surface area contributed by atoms with Gasteiger partial charge in [0.1, 0.15) is 42.2 Å². The lowest BCUT2D eigenvalue weighted by molar-refractivity contribution is -0.136. The van der Waals surface area contributed by atoms with Crippen molar-refractivity contribution in [3.63, 3.8) is 0 Å². The lowest BCUT2D eigenvalue weighted by Crippen LogP contribution is -2.55. The van der Waals surface area contributed by atoms with Crippen LogP contribution in [0.4, 0.5) is 4.39 Å². The minimum Gasteiger partial charge on any atom is -0.497 e. The number of likely N-dealkylation sites (N-methyl/N-ethyl adjacent to an activating group) is 1. The minimum atomic E-state index is -1.37. The zero-order valence-corrected chi connectivity index (χ0v) is 28.3. The molecule has 0 aliphatic carbocycles. The highest BCUT2D eigenvalue weighted by atomic mass is 19.1. The smallest absolute Gasteiger partial charge is 0.256 e. The fourth-order valence-electron chi connectivity index (χ4n) is 5.62. The number of halogens is 1. The fraction of sp³-hybridized carbons (Fsp3) is 0.600. The molecule has 2 amide bonds. The molecule has 1 fully saturated rings. The van der Waals surface area contributed by atoms with Gasteiger partial charge in [-0.15, -0.1) is 0 Å². The number of aliphatic hydroxyl groups excluding tert-OH is 2. The van der Waals surface area contributed by atoms with E-state index in [0.29, 0.717) is 51.3 Å². The Morgan fingerprint density at radius 3 is 2.40 bits per heavy atom. The number of carbonyl (C=O) groups is 2. The van der Waals surface area contributed by atoms with E-state index in [0.717, 1.165) is 5.75 Å². The second-order valence-corrected chi connectivity index (χ2v) is 12.4. The third-order valence-corrected chi connectivity index (χ3v) is 8.24. The van der Waals surface area contributed by atoms with E-state index in [2.05, 4.69) is 0 Å². The lowest BCUT2D eigenvalue weighted by Gasteiger charge is -2.39. The highest BCUT2D eigenvalue weighted by Gasteiger charge is 2.34. The molecule has 0 bridgehead atoms. The summed E-state index contributed by atoms with van der Waals surface area (Å²) in [5, 5.41) is 21.5. The van der Waals surface area contributed by atoms with Gasteiger partial charge in [0, 0.05) is 45.9 Å². The van der Waals surface area contributed by atoms with Crippen molar-refractivity contribution in [1.82, 2.24) is 14.7 Å². The molecule has 0 aromatic heterocycles. The molecule has 1 heterocycles. The van der Waals surface area contributed by atoms with Crippen LogP contribution in [-0.2, 0) is 14.3 Å². The summed E-state index contributed by atoms with van der Waals surface area (Å²) in [7, 11) is 4.84. The largest absolute Gasteiger partial charge is 0.497 e. The maximum Gasteiger partial charge on any atom is 0.256 e. The van der Waals surface area contributed by atoms with E-state index in [1.54, 1.807) is 13.2 Å². The van der Waals surface area contributed by atoms with E-state index >= 15 is 0 Å². The predicted molar refractivity (Wildman–Crippen MR) is 176 cm³/mol. The summed E-state index contributed by atoms with van der Waals surface area (Å²) in [5.41, 5.74) is -0.125. The molecule has 47 heavy (non-hydrogen) atoms. The first-order chi connectivity index (χ1) is 22.5. The van der Waals surface area contributed by atoms with Crippen LogP contribution in [0.2, 0.25) is 0 Å². The van der Waals surface area contributed by atoms with Gasteiger partial charge in [0.25, 0.3) is 5.91 Å². The summed E-state index contributed by atoms with van der Waals surface area (Å²) in [5.74, 6) is 0.235. The third kappa shape index (κ3) is 12.0. The van der Waals surface area contributed by atoms with Crippen LogP contribution in [0.5, 0.6) is 11.5 Å². The molecule has 0 spiro atoms. The summed E-state index contributed by atoms with van der Waals surface area (Å²) in [6.07, 6.45) is -1.77. The standard InChI is InChI=1S/C35H52FN3O8/c1-25(2)20-26-21-38(35(43)29-10-6-7-11-30(29)36)22-32(45-5)34(42)31(40)24-46-18-9-8-16-39(26)33(41)23-37(3)17-19-47-28-14-12-27(44-4)13-15-28/h6-7,10-15,25-26,31-32,34,40,42H,8-9,16-24H2,1-5H3/t26-,31-,32-,34-/m1/s1. The molecule has 262 valence electrons. The molecule has 1 aliphatic heterocycles. The van der Waals surface area contributed by atoms with Crippen LogP contribution >= 0.6 is 0 Å². The average molecular weight is 662 g/mol. The lowest BCUT2D eigenvalue weighted by atomic mass is 9.99. The molecule has 2 N–H and O–H groups in total. The van der Waals surface area contributed by atoms with E-state index < -0.39 is 36.1 Å². The van der Waals surface area contributed by atoms with E-state index in [1.165, 1.54) is 30.2 Å². The van der Waals surface area contributed by atoms with Gasteiger partial charge in [-0.3, -0.25) is 14.5 Å². The van der Waals surface area contributed by atoms with Crippen molar-refractivity contribution < 1.29 is 43.1 Å². The Bertz CT molecular complexity index is 1230. The van der Waals surface area contributed by atoms with Crippen molar-refractivity contribution in [2.45, 2.75) is 57.5 Å². The summed E-state index contributed by atoms with van der Waals surface area (Å²) in [4.78, 5) is 33.0. The molecule has 1 aliphatic rings. The van der Waals surface area contributed by atoms with E-state index in [1.807, 2.05) is 55.0 Å². The third-order valence-electron chi connectivity index (χ3n) is 8.24. The van der Waals surface area contributed by atoms with E-state index in [9.17, 15) is 24.2 Å². The van der Waals surface area contributed by atoms with Gasteiger partial charge in [0.15, 0.2) is 0 Å². The number of carbonyl (C=O) groups excluding carboxylic acids is 2.